The van der Waals surface area contributed by atoms with E-state index in [-0.39, 0.29) is 23.7 Å². The third kappa shape index (κ3) is 5.55. The molecule has 0 spiro atoms. The number of nitrogens with one attached hydrogen (secondary N) is 2. The number of para-hydroxylation sites is 4. The predicted octanol–water partition coefficient (Wildman–Crippen LogP) is 6.71. The van der Waals surface area contributed by atoms with Crippen molar-refractivity contribution in [2.24, 2.45) is 10.2 Å². The summed E-state index contributed by atoms with van der Waals surface area (Å²) in [6, 6.07) is 31.6. The topological polar surface area (TPSA) is 123 Å². The summed E-state index contributed by atoms with van der Waals surface area (Å²) in [4.78, 5) is 45.7. The number of H-pyrrole nitrogens is 2. The summed E-state index contributed by atoms with van der Waals surface area (Å²) in [5.41, 5.74) is 8.91. The highest BCUT2D eigenvalue weighted by molar-refractivity contribution is 6.03. The van der Waals surface area contributed by atoms with Gasteiger partial charge in [-0.2, -0.15) is 10.2 Å². The lowest BCUT2D eigenvalue weighted by Gasteiger charge is -2.17. The third-order valence-electron chi connectivity index (χ3n) is 9.38. The molecule has 10 nitrogen and oxygen atoms in total. The maximum Gasteiger partial charge on any atom is 0.227 e. The maximum atomic E-state index is 12.9. The second-order valence-electron chi connectivity index (χ2n) is 12.6. The minimum absolute atomic E-state index is 0.0228. The van der Waals surface area contributed by atoms with Gasteiger partial charge in [-0.15, -0.1) is 0 Å². The van der Waals surface area contributed by atoms with E-state index in [2.05, 4.69) is 20.2 Å². The van der Waals surface area contributed by atoms with Crippen LogP contribution < -0.4 is 9.80 Å². The molecule has 2 saturated heterocycles. The van der Waals surface area contributed by atoms with Crippen molar-refractivity contribution in [2.45, 2.75) is 38.5 Å². The first-order chi connectivity index (χ1) is 23.4. The highest BCUT2D eigenvalue weighted by atomic mass is 16.2. The molecule has 0 saturated carbocycles. The number of carbonyl (C=O) groups excluding carboxylic acids is 2. The fraction of sp³-hybridized carbons (Fsp3) is 0.211. The lowest BCUT2D eigenvalue weighted by atomic mass is 10.1. The van der Waals surface area contributed by atoms with E-state index in [4.69, 9.17) is 9.97 Å². The number of nitrogens with zero attached hydrogens (tertiary/aromatic N) is 6. The van der Waals surface area contributed by atoms with Crippen LogP contribution in [0.4, 0.5) is 11.4 Å². The lowest BCUT2D eigenvalue weighted by Crippen LogP contribution is -2.24. The van der Waals surface area contributed by atoms with Crippen LogP contribution in [-0.2, 0) is 9.59 Å². The van der Waals surface area contributed by atoms with E-state index in [1.807, 2.05) is 121 Å². The van der Waals surface area contributed by atoms with Crippen LogP contribution >= 0.6 is 0 Å². The summed E-state index contributed by atoms with van der Waals surface area (Å²) in [6.07, 6.45) is 0.850. The van der Waals surface area contributed by atoms with Crippen molar-refractivity contribution in [3.8, 4) is 0 Å². The summed E-state index contributed by atoms with van der Waals surface area (Å²) in [6.45, 7) is 5.01. The van der Waals surface area contributed by atoms with Crippen molar-refractivity contribution in [3.63, 3.8) is 0 Å². The van der Waals surface area contributed by atoms with Crippen molar-refractivity contribution in [3.05, 3.63) is 120 Å². The fourth-order valence-corrected chi connectivity index (χ4v) is 6.64. The van der Waals surface area contributed by atoms with Crippen LogP contribution in [0.25, 0.3) is 22.1 Å². The van der Waals surface area contributed by atoms with E-state index in [0.717, 1.165) is 67.6 Å². The smallest absolute Gasteiger partial charge is 0.227 e. The molecule has 2 amide bonds. The molecular formula is C38H34N8O2. The van der Waals surface area contributed by atoms with Gasteiger partial charge in [-0.1, -0.05) is 48.5 Å². The highest BCUT2D eigenvalue weighted by Gasteiger charge is 2.34. The zero-order valence-corrected chi connectivity index (χ0v) is 26.7. The Balaban J connectivity index is 0.908. The second-order valence-corrected chi connectivity index (χ2v) is 12.6. The first-order valence-electron chi connectivity index (χ1n) is 16.2. The number of rotatable bonds is 7. The van der Waals surface area contributed by atoms with E-state index in [1.165, 1.54) is 0 Å². The van der Waals surface area contributed by atoms with Gasteiger partial charge in [0.25, 0.3) is 0 Å². The van der Waals surface area contributed by atoms with Gasteiger partial charge in [0.15, 0.2) is 0 Å². The Morgan fingerprint density at radius 3 is 1.40 bits per heavy atom. The Morgan fingerprint density at radius 2 is 1.00 bits per heavy atom. The minimum atomic E-state index is 0.0228. The van der Waals surface area contributed by atoms with Gasteiger partial charge in [0.1, 0.15) is 11.6 Å². The molecule has 2 aliphatic heterocycles. The van der Waals surface area contributed by atoms with Gasteiger partial charge in [0.05, 0.1) is 33.5 Å². The van der Waals surface area contributed by atoms with Crippen molar-refractivity contribution in [2.75, 3.05) is 22.9 Å². The average molecular weight is 635 g/mol. The van der Waals surface area contributed by atoms with E-state index in [9.17, 15) is 9.59 Å². The Bertz CT molecular complexity index is 2000. The summed E-state index contributed by atoms with van der Waals surface area (Å²) >= 11 is 0. The molecule has 0 bridgehead atoms. The number of carbonyl (C=O) groups is 2. The Morgan fingerprint density at radius 1 is 0.604 bits per heavy atom. The molecule has 238 valence electrons. The largest absolute Gasteiger partial charge is 0.342 e. The highest BCUT2D eigenvalue weighted by Crippen LogP contribution is 2.33. The monoisotopic (exact) mass is 634 g/mol. The molecule has 2 aliphatic rings. The number of aromatic amines is 2. The molecule has 6 aromatic rings. The van der Waals surface area contributed by atoms with E-state index >= 15 is 0 Å². The standard InChI is InChI=1S/C38H34N8O2/c1-23(25-11-15-29(16-12-25)45-21-27(19-35(45)47)37-39-31-7-3-4-8-32(31)40-37)43-44-24(2)26-13-17-30(18-14-26)46-22-28(20-36(46)48)38-41-33-9-5-6-10-34(33)42-38/h3-18,27-28H,19-22H2,1-2H3,(H,39,40)(H,41,42). The molecule has 4 aromatic carbocycles. The Hall–Kier alpha value is -5.90. The molecule has 2 atom stereocenters. The summed E-state index contributed by atoms with van der Waals surface area (Å²) in [7, 11) is 0. The predicted molar refractivity (Wildman–Crippen MR) is 189 cm³/mol. The van der Waals surface area contributed by atoms with Crippen molar-refractivity contribution >= 4 is 56.7 Å². The van der Waals surface area contributed by atoms with E-state index in [0.29, 0.717) is 25.9 Å². The number of fused-ring (bicyclic) bond motifs is 2. The number of amides is 2. The second kappa shape index (κ2) is 12.0. The van der Waals surface area contributed by atoms with Gasteiger partial charge in [-0.05, 0) is 73.5 Å². The molecule has 2 N–H and O–H groups in total. The lowest BCUT2D eigenvalue weighted by molar-refractivity contribution is -0.118. The first-order valence-corrected chi connectivity index (χ1v) is 16.2. The van der Waals surface area contributed by atoms with E-state index < -0.39 is 0 Å². The van der Waals surface area contributed by atoms with Crippen molar-refractivity contribution in [1.82, 2.24) is 19.9 Å². The van der Waals surface area contributed by atoms with Gasteiger partial charge in [-0.25, -0.2) is 9.97 Å². The number of aromatic nitrogens is 4. The van der Waals surface area contributed by atoms with Gasteiger partial charge < -0.3 is 19.8 Å². The Kier molecular flexibility index (Phi) is 7.40. The molecular weight excluding hydrogens is 600 g/mol. The van der Waals surface area contributed by atoms with Gasteiger partial charge in [0, 0.05) is 49.1 Å². The molecule has 2 unspecified atom stereocenters. The molecule has 2 aromatic heterocycles. The van der Waals surface area contributed by atoms with Crippen LogP contribution in [0.2, 0.25) is 0 Å². The zero-order valence-electron chi connectivity index (χ0n) is 26.7. The first kappa shape index (κ1) is 29.5. The fourth-order valence-electron chi connectivity index (χ4n) is 6.64. The summed E-state index contributed by atoms with van der Waals surface area (Å²) < 4.78 is 0. The van der Waals surface area contributed by atoms with Crippen LogP contribution in [0.5, 0.6) is 0 Å². The molecule has 8 rings (SSSR count). The number of imidazole rings is 2. The number of benzene rings is 4. The quantitative estimate of drug-likeness (QED) is 0.150. The molecule has 2 fully saturated rings. The van der Waals surface area contributed by atoms with Crippen LogP contribution in [0.3, 0.4) is 0 Å². The van der Waals surface area contributed by atoms with E-state index in [1.54, 1.807) is 0 Å². The molecule has 0 aliphatic carbocycles. The average Bonchev–Trinajstić information content (AvgIpc) is 3.91. The maximum absolute atomic E-state index is 12.9. The normalized spacial score (nSPS) is 19.0. The number of hydrogen-bond acceptors (Lipinski definition) is 6. The number of anilines is 2. The van der Waals surface area contributed by atoms with Crippen LogP contribution in [0.15, 0.2) is 107 Å². The van der Waals surface area contributed by atoms with Gasteiger partial charge >= 0.3 is 0 Å². The van der Waals surface area contributed by atoms with Crippen LogP contribution in [0.1, 0.15) is 61.3 Å². The van der Waals surface area contributed by atoms with Crippen molar-refractivity contribution < 1.29 is 9.59 Å². The Labute approximate surface area is 277 Å². The molecule has 10 heteroatoms. The van der Waals surface area contributed by atoms with Gasteiger partial charge in [-0.3, -0.25) is 9.59 Å². The van der Waals surface area contributed by atoms with Crippen LogP contribution in [0, 0.1) is 0 Å². The molecule has 4 heterocycles. The number of hydrogen-bond donors (Lipinski definition) is 2. The van der Waals surface area contributed by atoms with Crippen molar-refractivity contribution in [1.29, 1.82) is 0 Å². The minimum Gasteiger partial charge on any atom is -0.342 e. The third-order valence-corrected chi connectivity index (χ3v) is 9.38. The molecule has 0 radical (unpaired) electrons. The molecule has 48 heavy (non-hydrogen) atoms. The summed E-state index contributed by atoms with van der Waals surface area (Å²) in [5.74, 6) is 1.93. The van der Waals surface area contributed by atoms with Gasteiger partial charge in [0.2, 0.25) is 11.8 Å². The SMILES string of the molecule is CC(=NN=C(C)c1ccc(N2CC(c3nc4ccccc4[nH]3)CC2=O)cc1)c1ccc(N2CC(c3nc4ccccc4[nH]3)CC2=O)cc1. The van der Waals surface area contributed by atoms with Crippen LogP contribution in [-0.4, -0.2) is 56.3 Å². The zero-order chi connectivity index (χ0) is 32.8. The summed E-state index contributed by atoms with van der Waals surface area (Å²) in [5, 5.41) is 8.99.